The smallest absolute Gasteiger partial charge is 0.230 e. The van der Waals surface area contributed by atoms with E-state index in [4.69, 9.17) is 5.73 Å². The molecule has 0 aliphatic carbocycles. The summed E-state index contributed by atoms with van der Waals surface area (Å²) in [5, 5.41) is 6.37. The molecular weight excluding hydrogens is 334 g/mol. The van der Waals surface area contributed by atoms with E-state index < -0.39 is 0 Å². The van der Waals surface area contributed by atoms with Crippen LogP contribution in [0.25, 0.3) is 0 Å². The molecule has 0 saturated carbocycles. The van der Waals surface area contributed by atoms with Crippen molar-refractivity contribution < 1.29 is 0 Å². The fourth-order valence-electron chi connectivity index (χ4n) is 2.13. The van der Waals surface area contributed by atoms with Crippen molar-refractivity contribution in [2.45, 2.75) is 0 Å². The van der Waals surface area contributed by atoms with Gasteiger partial charge in [0.2, 0.25) is 5.95 Å². The lowest BCUT2D eigenvalue weighted by atomic mass is 10.3. The molecule has 0 bridgehead atoms. The third kappa shape index (κ3) is 3.40. The first kappa shape index (κ1) is 14.0. The zero-order valence-electron chi connectivity index (χ0n) is 11.4. The molecule has 1 aliphatic heterocycles. The van der Waals surface area contributed by atoms with E-state index in [1.54, 1.807) is 6.20 Å². The number of nitrogens with two attached hydrogens (primary N) is 1. The summed E-state index contributed by atoms with van der Waals surface area (Å²) in [7, 11) is 0. The number of nitrogens with one attached hydrogen (secondary N) is 2. The molecule has 8 heteroatoms. The Kier molecular flexibility index (Phi) is 4.16. The van der Waals surface area contributed by atoms with Crippen LogP contribution in [0.2, 0.25) is 0 Å². The Morgan fingerprint density at radius 2 is 2.00 bits per heavy atom. The van der Waals surface area contributed by atoms with Crippen molar-refractivity contribution in [1.29, 1.82) is 0 Å². The minimum Gasteiger partial charge on any atom is -0.383 e. The summed E-state index contributed by atoms with van der Waals surface area (Å²) in [6.45, 7) is 4.01. The van der Waals surface area contributed by atoms with E-state index in [1.165, 1.54) is 0 Å². The van der Waals surface area contributed by atoms with Crippen molar-refractivity contribution in [2.75, 3.05) is 42.1 Å². The highest BCUT2D eigenvalue weighted by Crippen LogP contribution is 2.20. The summed E-state index contributed by atoms with van der Waals surface area (Å²) in [5.41, 5.74) is 6.85. The van der Waals surface area contributed by atoms with Gasteiger partial charge in [0.15, 0.2) is 0 Å². The predicted octanol–water partition coefficient (Wildman–Crippen LogP) is 1.37. The third-order valence-electron chi connectivity index (χ3n) is 3.24. The predicted molar refractivity (Wildman–Crippen MR) is 86.7 cm³/mol. The maximum atomic E-state index is 5.72. The molecule has 0 radical (unpaired) electrons. The van der Waals surface area contributed by atoms with Crippen molar-refractivity contribution in [2.24, 2.45) is 0 Å². The Balaban J connectivity index is 1.70. The summed E-state index contributed by atoms with van der Waals surface area (Å²) in [4.78, 5) is 15.0. The highest BCUT2D eigenvalue weighted by Gasteiger charge is 2.10. The van der Waals surface area contributed by atoms with Crippen LogP contribution in [0.1, 0.15) is 0 Å². The highest BCUT2D eigenvalue weighted by molar-refractivity contribution is 9.10. The number of anilines is 4. The second-order valence-electron chi connectivity index (χ2n) is 4.69. The van der Waals surface area contributed by atoms with Crippen LogP contribution in [0.15, 0.2) is 29.0 Å². The van der Waals surface area contributed by atoms with Crippen LogP contribution in [-0.4, -0.2) is 41.1 Å². The van der Waals surface area contributed by atoms with Gasteiger partial charge in [-0.2, -0.15) is 4.98 Å². The van der Waals surface area contributed by atoms with Crippen LogP contribution < -0.4 is 21.3 Å². The normalized spacial score (nSPS) is 15.0. The quantitative estimate of drug-likeness (QED) is 0.770. The van der Waals surface area contributed by atoms with Crippen LogP contribution in [0, 0.1) is 0 Å². The molecule has 0 amide bonds. The van der Waals surface area contributed by atoms with Gasteiger partial charge in [-0.15, -0.1) is 0 Å². The van der Waals surface area contributed by atoms with Crippen LogP contribution in [0.5, 0.6) is 0 Å². The van der Waals surface area contributed by atoms with Gasteiger partial charge in [-0.25, -0.2) is 9.97 Å². The van der Waals surface area contributed by atoms with Crippen LogP contribution in [-0.2, 0) is 0 Å². The van der Waals surface area contributed by atoms with Gasteiger partial charge in [-0.1, -0.05) is 0 Å². The first-order chi connectivity index (χ1) is 10.2. The van der Waals surface area contributed by atoms with Gasteiger partial charge in [0, 0.05) is 32.4 Å². The fraction of sp³-hybridized carbons (Fsp3) is 0.308. The summed E-state index contributed by atoms with van der Waals surface area (Å²) in [6, 6.07) is 3.96. The maximum Gasteiger partial charge on any atom is 0.230 e. The lowest BCUT2D eigenvalue weighted by molar-refractivity contribution is 0.589. The maximum absolute atomic E-state index is 5.72. The van der Waals surface area contributed by atoms with Gasteiger partial charge in [0.25, 0.3) is 0 Å². The molecule has 0 unspecified atom stereocenters. The summed E-state index contributed by atoms with van der Waals surface area (Å²) in [6.07, 6.45) is 3.47. The number of nitrogen functional groups attached to an aromatic ring is 1. The van der Waals surface area contributed by atoms with Crippen molar-refractivity contribution in [3.8, 4) is 0 Å². The van der Waals surface area contributed by atoms with Crippen LogP contribution >= 0.6 is 15.9 Å². The van der Waals surface area contributed by atoms with Gasteiger partial charge in [0.05, 0.1) is 16.4 Å². The van der Waals surface area contributed by atoms with E-state index in [0.29, 0.717) is 22.1 Å². The largest absolute Gasteiger partial charge is 0.383 e. The molecule has 0 spiro atoms. The van der Waals surface area contributed by atoms with Crippen molar-refractivity contribution in [3.63, 3.8) is 0 Å². The molecule has 110 valence electrons. The molecule has 0 aromatic carbocycles. The molecule has 1 aliphatic rings. The minimum absolute atomic E-state index is 0.393. The van der Waals surface area contributed by atoms with Gasteiger partial charge >= 0.3 is 0 Å². The van der Waals surface area contributed by atoms with E-state index in [2.05, 4.69) is 46.4 Å². The van der Waals surface area contributed by atoms with Gasteiger partial charge in [0.1, 0.15) is 11.6 Å². The number of nitrogens with zero attached hydrogens (tertiary/aromatic N) is 4. The van der Waals surface area contributed by atoms with E-state index in [0.717, 1.165) is 31.9 Å². The van der Waals surface area contributed by atoms with Crippen molar-refractivity contribution in [1.82, 2.24) is 20.3 Å². The SMILES string of the molecule is Nc1nc(Nc2ccc(N3CCNCC3)cn2)ncc1Br. The monoisotopic (exact) mass is 349 g/mol. The Morgan fingerprint density at radius 3 is 2.67 bits per heavy atom. The standard InChI is InChI=1S/C13H16BrN7/c14-10-8-18-13(20-12(10)15)19-11-2-1-9(7-17-11)21-5-3-16-4-6-21/h1-2,7-8,16H,3-6H2,(H3,15,17,18,19,20). The first-order valence-corrected chi connectivity index (χ1v) is 7.48. The number of hydrogen-bond donors (Lipinski definition) is 3. The van der Waals surface area contributed by atoms with Gasteiger partial charge in [-0.05, 0) is 28.1 Å². The first-order valence-electron chi connectivity index (χ1n) is 6.69. The van der Waals surface area contributed by atoms with Crippen LogP contribution in [0.4, 0.5) is 23.3 Å². The molecule has 7 nitrogen and oxygen atoms in total. The minimum atomic E-state index is 0.393. The molecule has 2 aromatic rings. The summed E-state index contributed by atoms with van der Waals surface area (Å²) >= 11 is 3.26. The average Bonchev–Trinajstić information content (AvgIpc) is 2.53. The molecule has 1 fully saturated rings. The number of rotatable bonds is 3. The molecule has 21 heavy (non-hydrogen) atoms. The summed E-state index contributed by atoms with van der Waals surface area (Å²) in [5.74, 6) is 1.51. The van der Waals surface area contributed by atoms with E-state index in [1.807, 2.05) is 18.3 Å². The second kappa shape index (κ2) is 6.23. The van der Waals surface area contributed by atoms with Crippen LogP contribution in [0.3, 0.4) is 0 Å². The molecule has 0 atom stereocenters. The van der Waals surface area contributed by atoms with Crippen molar-refractivity contribution >= 4 is 39.2 Å². The van der Waals surface area contributed by atoms with E-state index in [-0.39, 0.29) is 0 Å². The lowest BCUT2D eigenvalue weighted by Crippen LogP contribution is -2.43. The van der Waals surface area contributed by atoms with Gasteiger partial charge < -0.3 is 21.3 Å². The van der Waals surface area contributed by atoms with E-state index >= 15 is 0 Å². The summed E-state index contributed by atoms with van der Waals surface area (Å²) < 4.78 is 0.676. The number of pyridine rings is 1. The number of aromatic nitrogens is 3. The molecule has 3 heterocycles. The number of halogens is 1. The fourth-order valence-corrected chi connectivity index (χ4v) is 2.32. The average molecular weight is 350 g/mol. The molecular formula is C13H16BrN7. The molecule has 3 rings (SSSR count). The Morgan fingerprint density at radius 1 is 1.19 bits per heavy atom. The molecule has 4 N–H and O–H groups in total. The molecule has 2 aromatic heterocycles. The zero-order valence-corrected chi connectivity index (χ0v) is 13.0. The Hall–Kier alpha value is -1.93. The highest BCUT2D eigenvalue weighted by atomic mass is 79.9. The second-order valence-corrected chi connectivity index (χ2v) is 5.54. The third-order valence-corrected chi connectivity index (χ3v) is 3.85. The van der Waals surface area contributed by atoms with Gasteiger partial charge in [-0.3, -0.25) is 0 Å². The zero-order chi connectivity index (χ0) is 14.7. The molecule has 1 saturated heterocycles. The van der Waals surface area contributed by atoms with Crippen molar-refractivity contribution in [3.05, 3.63) is 29.0 Å². The number of piperazine rings is 1. The Bertz CT molecular complexity index is 610. The van der Waals surface area contributed by atoms with E-state index in [9.17, 15) is 0 Å². The topological polar surface area (TPSA) is 92.0 Å². The Labute approximate surface area is 131 Å². The lowest BCUT2D eigenvalue weighted by Gasteiger charge is -2.29. The number of hydrogen-bond acceptors (Lipinski definition) is 7.